The van der Waals surface area contributed by atoms with Crippen LogP contribution < -0.4 is 10.6 Å². The number of carbonyl (C=O) groups is 1. The van der Waals surface area contributed by atoms with Gasteiger partial charge in [0.1, 0.15) is 0 Å². The molecule has 2 fully saturated rings. The summed E-state index contributed by atoms with van der Waals surface area (Å²) in [4.78, 5) is 12.1. The zero-order valence-electron chi connectivity index (χ0n) is 11.6. The van der Waals surface area contributed by atoms with Crippen molar-refractivity contribution >= 4 is 17.5 Å². The average Bonchev–Trinajstić information content (AvgIpc) is 2.40. The lowest BCUT2D eigenvalue weighted by Gasteiger charge is -2.48. The van der Waals surface area contributed by atoms with Gasteiger partial charge in [-0.25, -0.2) is 0 Å². The lowest BCUT2D eigenvalue weighted by atomic mass is 9.70. The maximum atomic E-state index is 12.1. The van der Waals surface area contributed by atoms with Gasteiger partial charge in [-0.05, 0) is 56.3 Å². The minimum atomic E-state index is 0.119. The van der Waals surface area contributed by atoms with Crippen molar-refractivity contribution in [3.05, 3.63) is 34.9 Å². The van der Waals surface area contributed by atoms with E-state index in [-0.39, 0.29) is 5.91 Å². The van der Waals surface area contributed by atoms with Gasteiger partial charge < -0.3 is 10.6 Å². The van der Waals surface area contributed by atoms with Gasteiger partial charge in [-0.15, -0.1) is 0 Å². The van der Waals surface area contributed by atoms with Crippen molar-refractivity contribution in [2.24, 2.45) is 0 Å². The van der Waals surface area contributed by atoms with E-state index >= 15 is 0 Å². The molecule has 3 nitrogen and oxygen atoms in total. The summed E-state index contributed by atoms with van der Waals surface area (Å²) in [5, 5.41) is 7.53. The third kappa shape index (κ3) is 3.15. The molecular weight excluding hydrogens is 272 g/mol. The predicted octanol–water partition coefficient (Wildman–Crippen LogP) is 2.67. The summed E-state index contributed by atoms with van der Waals surface area (Å²) < 4.78 is 0. The van der Waals surface area contributed by atoms with Gasteiger partial charge in [0.15, 0.2) is 0 Å². The molecule has 1 aliphatic heterocycles. The Kier molecular flexibility index (Phi) is 3.99. The Labute approximate surface area is 125 Å². The van der Waals surface area contributed by atoms with E-state index in [2.05, 4.69) is 10.6 Å². The molecule has 4 heteroatoms. The first kappa shape index (κ1) is 13.9. The molecule has 3 rings (SSSR count). The fourth-order valence-electron chi connectivity index (χ4n) is 3.33. The van der Waals surface area contributed by atoms with E-state index in [4.69, 9.17) is 11.6 Å². The van der Waals surface area contributed by atoms with Crippen molar-refractivity contribution in [3.8, 4) is 0 Å². The van der Waals surface area contributed by atoms with Crippen LogP contribution in [0.15, 0.2) is 24.3 Å². The molecule has 0 aromatic heterocycles. The van der Waals surface area contributed by atoms with Gasteiger partial charge in [-0.1, -0.05) is 23.7 Å². The highest BCUT2D eigenvalue weighted by atomic mass is 35.5. The van der Waals surface area contributed by atoms with Crippen LogP contribution in [0, 0.1) is 0 Å². The fraction of sp³-hybridized carbons (Fsp3) is 0.562. The third-order valence-electron chi connectivity index (χ3n) is 4.58. The Hall–Kier alpha value is -1.06. The van der Waals surface area contributed by atoms with E-state index in [1.165, 1.54) is 19.3 Å². The van der Waals surface area contributed by atoms with Gasteiger partial charge >= 0.3 is 0 Å². The molecule has 0 radical (unpaired) electrons. The molecule has 1 atom stereocenters. The second kappa shape index (κ2) is 5.74. The van der Waals surface area contributed by atoms with Gasteiger partial charge in [0.05, 0.1) is 6.42 Å². The first-order valence-corrected chi connectivity index (χ1v) is 7.82. The largest absolute Gasteiger partial charge is 0.353 e. The fourth-order valence-corrected chi connectivity index (χ4v) is 3.46. The smallest absolute Gasteiger partial charge is 0.224 e. The topological polar surface area (TPSA) is 41.1 Å². The van der Waals surface area contributed by atoms with Crippen molar-refractivity contribution < 1.29 is 4.79 Å². The minimum Gasteiger partial charge on any atom is -0.353 e. The number of amides is 1. The normalized spacial score (nSPS) is 24.1. The highest BCUT2D eigenvalue weighted by Crippen LogP contribution is 2.38. The van der Waals surface area contributed by atoms with Crippen LogP contribution in [0.3, 0.4) is 0 Å². The molecular formula is C16H21ClN2O. The standard InChI is InChI=1S/C16H21ClN2O/c17-13-4-2-12(3-5-13)10-15(20)19-14-6-9-18-16(11-14)7-1-8-16/h2-5,14,18H,1,6-11H2,(H,19,20). The Morgan fingerprint density at radius 3 is 2.75 bits per heavy atom. The van der Waals surface area contributed by atoms with Crippen LogP contribution >= 0.6 is 11.6 Å². The molecule has 1 amide bonds. The average molecular weight is 293 g/mol. The maximum absolute atomic E-state index is 12.1. The summed E-state index contributed by atoms with van der Waals surface area (Å²) in [5.41, 5.74) is 1.34. The number of hydrogen-bond acceptors (Lipinski definition) is 2. The van der Waals surface area contributed by atoms with Gasteiger partial charge in [0.25, 0.3) is 0 Å². The molecule has 1 aromatic rings. The van der Waals surface area contributed by atoms with Gasteiger partial charge in [0.2, 0.25) is 5.91 Å². The Bertz CT molecular complexity index is 482. The predicted molar refractivity (Wildman–Crippen MR) is 80.9 cm³/mol. The quantitative estimate of drug-likeness (QED) is 0.899. The molecule has 1 saturated heterocycles. The van der Waals surface area contributed by atoms with Crippen LogP contribution in [0.1, 0.15) is 37.7 Å². The third-order valence-corrected chi connectivity index (χ3v) is 4.84. The van der Waals surface area contributed by atoms with E-state index in [0.717, 1.165) is 24.9 Å². The van der Waals surface area contributed by atoms with Crippen LogP contribution in [0.5, 0.6) is 0 Å². The van der Waals surface area contributed by atoms with E-state index in [9.17, 15) is 4.79 Å². The van der Waals surface area contributed by atoms with Gasteiger partial charge in [-0.2, -0.15) is 0 Å². The van der Waals surface area contributed by atoms with Gasteiger partial charge in [-0.3, -0.25) is 4.79 Å². The monoisotopic (exact) mass is 292 g/mol. The van der Waals surface area contributed by atoms with E-state index in [1.54, 1.807) is 0 Å². The summed E-state index contributed by atoms with van der Waals surface area (Å²) in [6, 6.07) is 7.82. The van der Waals surface area contributed by atoms with E-state index in [0.29, 0.717) is 23.0 Å². The Morgan fingerprint density at radius 1 is 1.35 bits per heavy atom. The molecule has 1 saturated carbocycles. The summed E-state index contributed by atoms with van der Waals surface area (Å²) in [6.45, 7) is 1.02. The van der Waals surface area contributed by atoms with Crippen LogP contribution in [-0.4, -0.2) is 24.0 Å². The van der Waals surface area contributed by atoms with E-state index in [1.807, 2.05) is 24.3 Å². The summed E-state index contributed by atoms with van der Waals surface area (Å²) >= 11 is 5.85. The first-order valence-electron chi connectivity index (χ1n) is 7.44. The molecule has 1 unspecified atom stereocenters. The lowest BCUT2D eigenvalue weighted by Crippen LogP contribution is -2.59. The zero-order valence-corrected chi connectivity index (χ0v) is 12.4. The SMILES string of the molecule is O=C(Cc1ccc(Cl)cc1)NC1CCNC2(CCC2)C1. The molecule has 1 aliphatic carbocycles. The highest BCUT2D eigenvalue weighted by molar-refractivity contribution is 6.30. The second-order valence-electron chi connectivity index (χ2n) is 6.12. The van der Waals surface area contributed by atoms with Crippen molar-refractivity contribution in [3.63, 3.8) is 0 Å². The van der Waals surface area contributed by atoms with Crippen molar-refractivity contribution in [1.29, 1.82) is 0 Å². The molecule has 108 valence electrons. The highest BCUT2D eigenvalue weighted by Gasteiger charge is 2.41. The number of rotatable bonds is 3. The number of carbonyl (C=O) groups excluding carboxylic acids is 1. The lowest BCUT2D eigenvalue weighted by molar-refractivity contribution is -0.121. The molecule has 1 heterocycles. The Morgan fingerprint density at radius 2 is 2.10 bits per heavy atom. The summed E-state index contributed by atoms with van der Waals surface area (Å²) in [6.07, 6.45) is 6.40. The molecule has 1 spiro atoms. The first-order chi connectivity index (χ1) is 9.65. The van der Waals surface area contributed by atoms with Crippen LogP contribution in [-0.2, 0) is 11.2 Å². The van der Waals surface area contributed by atoms with Gasteiger partial charge in [0, 0.05) is 16.6 Å². The van der Waals surface area contributed by atoms with E-state index < -0.39 is 0 Å². The minimum absolute atomic E-state index is 0.119. The van der Waals surface area contributed by atoms with Crippen molar-refractivity contribution in [2.75, 3.05) is 6.54 Å². The molecule has 1 aromatic carbocycles. The maximum Gasteiger partial charge on any atom is 0.224 e. The van der Waals surface area contributed by atoms with Crippen molar-refractivity contribution in [1.82, 2.24) is 10.6 Å². The molecule has 2 aliphatic rings. The second-order valence-corrected chi connectivity index (χ2v) is 6.56. The number of piperidine rings is 1. The molecule has 20 heavy (non-hydrogen) atoms. The summed E-state index contributed by atoms with van der Waals surface area (Å²) in [5.74, 6) is 0.119. The molecule has 0 bridgehead atoms. The number of halogens is 1. The number of nitrogens with one attached hydrogen (secondary N) is 2. The zero-order chi connectivity index (χ0) is 14.0. The van der Waals surface area contributed by atoms with Crippen LogP contribution in [0.2, 0.25) is 5.02 Å². The number of hydrogen-bond donors (Lipinski definition) is 2. The molecule has 2 N–H and O–H groups in total. The Balaban J connectivity index is 1.52. The van der Waals surface area contributed by atoms with Crippen molar-refractivity contribution in [2.45, 2.75) is 50.1 Å². The van der Waals surface area contributed by atoms with Crippen LogP contribution in [0.4, 0.5) is 0 Å². The summed E-state index contributed by atoms with van der Waals surface area (Å²) in [7, 11) is 0. The van der Waals surface area contributed by atoms with Crippen LogP contribution in [0.25, 0.3) is 0 Å². The number of benzene rings is 1.